The van der Waals surface area contributed by atoms with Crippen molar-refractivity contribution in [3.8, 4) is 17.2 Å². The maximum Gasteiger partial charge on any atom is 0.317 e. The van der Waals surface area contributed by atoms with Gasteiger partial charge in [0.2, 0.25) is 6.79 Å². The number of carbonyl (C=O) groups is 1. The van der Waals surface area contributed by atoms with Crippen LogP contribution in [0.1, 0.15) is 20.3 Å². The van der Waals surface area contributed by atoms with Gasteiger partial charge in [-0.05, 0) is 30.4 Å². The molecule has 23 heavy (non-hydrogen) atoms. The van der Waals surface area contributed by atoms with Gasteiger partial charge in [0.05, 0.1) is 6.54 Å². The number of benzene rings is 1. The van der Waals surface area contributed by atoms with E-state index in [1.165, 1.54) is 6.42 Å². The van der Waals surface area contributed by atoms with Gasteiger partial charge < -0.3 is 24.4 Å². The lowest BCUT2D eigenvalue weighted by Crippen LogP contribution is -2.48. The Morgan fingerprint density at radius 2 is 2.00 bits per heavy atom. The molecule has 0 spiro atoms. The Morgan fingerprint density at radius 3 is 2.78 bits per heavy atom. The molecule has 126 valence electrons. The van der Waals surface area contributed by atoms with Crippen molar-refractivity contribution in [1.29, 1.82) is 0 Å². The highest BCUT2D eigenvalue weighted by Crippen LogP contribution is 2.34. The summed E-state index contributed by atoms with van der Waals surface area (Å²) in [6, 6.07) is 5.46. The second-order valence-corrected chi connectivity index (χ2v) is 6.45. The van der Waals surface area contributed by atoms with E-state index in [4.69, 9.17) is 14.2 Å². The lowest BCUT2D eigenvalue weighted by Gasteiger charge is -2.34. The van der Waals surface area contributed by atoms with Crippen molar-refractivity contribution < 1.29 is 19.0 Å². The number of rotatable bonds is 4. The van der Waals surface area contributed by atoms with Crippen LogP contribution >= 0.6 is 0 Å². The van der Waals surface area contributed by atoms with Crippen LogP contribution in [0, 0.1) is 11.8 Å². The molecular formula is C17H24N2O4. The first kappa shape index (κ1) is 15.8. The van der Waals surface area contributed by atoms with Gasteiger partial charge in [-0.2, -0.15) is 0 Å². The molecule has 6 nitrogen and oxygen atoms in total. The zero-order valence-electron chi connectivity index (χ0n) is 13.7. The highest BCUT2D eigenvalue weighted by Gasteiger charge is 2.25. The van der Waals surface area contributed by atoms with Gasteiger partial charge in [0, 0.05) is 19.2 Å². The topological polar surface area (TPSA) is 60.0 Å². The van der Waals surface area contributed by atoms with Gasteiger partial charge in [0.15, 0.2) is 11.5 Å². The third-order valence-corrected chi connectivity index (χ3v) is 4.15. The number of ether oxygens (including phenoxy) is 3. The molecule has 0 bridgehead atoms. The van der Waals surface area contributed by atoms with Crippen molar-refractivity contribution in [2.24, 2.45) is 11.8 Å². The summed E-state index contributed by atoms with van der Waals surface area (Å²) in [7, 11) is 0. The standard InChI is InChI=1S/C17H24N2O4/c1-12-7-13(2)10-19(9-12)17(20)18-5-6-21-14-3-4-15-16(8-14)23-11-22-15/h3-4,8,12-13H,5-7,9-11H2,1-2H3,(H,18,20). The Morgan fingerprint density at radius 1 is 1.26 bits per heavy atom. The minimum Gasteiger partial charge on any atom is -0.492 e. The molecule has 0 aromatic heterocycles. The number of hydrogen-bond acceptors (Lipinski definition) is 4. The normalized spacial score (nSPS) is 22.8. The van der Waals surface area contributed by atoms with Crippen LogP contribution in [-0.2, 0) is 0 Å². The van der Waals surface area contributed by atoms with Gasteiger partial charge in [0.1, 0.15) is 12.4 Å². The third kappa shape index (κ3) is 4.00. The first-order valence-corrected chi connectivity index (χ1v) is 8.17. The van der Waals surface area contributed by atoms with Gasteiger partial charge in [-0.25, -0.2) is 4.79 Å². The number of nitrogens with zero attached hydrogens (tertiary/aromatic N) is 1. The largest absolute Gasteiger partial charge is 0.492 e. The number of nitrogens with one attached hydrogen (secondary N) is 1. The minimum absolute atomic E-state index is 0.00214. The van der Waals surface area contributed by atoms with Crippen LogP contribution in [0.5, 0.6) is 17.2 Å². The summed E-state index contributed by atoms with van der Waals surface area (Å²) >= 11 is 0. The van der Waals surface area contributed by atoms with Gasteiger partial charge in [-0.1, -0.05) is 13.8 Å². The summed E-state index contributed by atoms with van der Waals surface area (Å²) in [6.45, 7) is 7.20. The summed E-state index contributed by atoms with van der Waals surface area (Å²) in [4.78, 5) is 14.1. The molecule has 1 aromatic carbocycles. The van der Waals surface area contributed by atoms with E-state index < -0.39 is 0 Å². The Labute approximate surface area is 136 Å². The van der Waals surface area contributed by atoms with Crippen molar-refractivity contribution in [1.82, 2.24) is 10.2 Å². The minimum atomic E-state index is -0.00214. The summed E-state index contributed by atoms with van der Waals surface area (Å²) in [5.41, 5.74) is 0. The molecular weight excluding hydrogens is 296 g/mol. The van der Waals surface area contributed by atoms with Gasteiger partial charge >= 0.3 is 6.03 Å². The van der Waals surface area contributed by atoms with Crippen molar-refractivity contribution in [2.75, 3.05) is 33.0 Å². The lowest BCUT2D eigenvalue weighted by molar-refractivity contribution is 0.145. The number of hydrogen-bond donors (Lipinski definition) is 1. The fourth-order valence-corrected chi connectivity index (χ4v) is 3.23. The summed E-state index contributed by atoms with van der Waals surface area (Å²) in [5, 5.41) is 2.92. The maximum absolute atomic E-state index is 12.2. The molecule has 2 aliphatic rings. The van der Waals surface area contributed by atoms with Crippen LogP contribution in [-0.4, -0.2) is 44.0 Å². The molecule has 1 saturated heterocycles. The fourth-order valence-electron chi connectivity index (χ4n) is 3.23. The molecule has 6 heteroatoms. The quantitative estimate of drug-likeness (QED) is 0.866. The Bertz CT molecular complexity index is 554. The van der Waals surface area contributed by atoms with E-state index in [0.717, 1.165) is 18.8 Å². The molecule has 2 unspecified atom stereocenters. The van der Waals surface area contributed by atoms with Gasteiger partial charge in [-0.15, -0.1) is 0 Å². The molecule has 2 heterocycles. The van der Waals surface area contributed by atoms with Crippen molar-refractivity contribution in [2.45, 2.75) is 20.3 Å². The van der Waals surface area contributed by atoms with Crippen molar-refractivity contribution in [3.63, 3.8) is 0 Å². The molecule has 3 rings (SSSR count). The van der Waals surface area contributed by atoms with E-state index in [0.29, 0.717) is 36.5 Å². The Kier molecular flexibility index (Phi) is 4.79. The Balaban J connectivity index is 1.40. The van der Waals surface area contributed by atoms with Crippen LogP contribution in [0.4, 0.5) is 4.79 Å². The van der Waals surface area contributed by atoms with E-state index in [-0.39, 0.29) is 12.8 Å². The average molecular weight is 320 g/mol. The summed E-state index contributed by atoms with van der Waals surface area (Å²) in [6.07, 6.45) is 1.19. The predicted octanol–water partition coefficient (Wildman–Crippen LogP) is 2.48. The van der Waals surface area contributed by atoms with Crippen LogP contribution in [0.3, 0.4) is 0 Å². The highest BCUT2D eigenvalue weighted by atomic mass is 16.7. The summed E-state index contributed by atoms with van der Waals surface area (Å²) < 4.78 is 16.2. The molecule has 1 N–H and O–H groups in total. The van der Waals surface area contributed by atoms with Crippen LogP contribution in [0.25, 0.3) is 0 Å². The summed E-state index contributed by atoms with van der Waals surface area (Å²) in [5.74, 6) is 3.27. The van der Waals surface area contributed by atoms with Crippen LogP contribution in [0.2, 0.25) is 0 Å². The molecule has 2 aliphatic heterocycles. The predicted molar refractivity (Wildman–Crippen MR) is 86.0 cm³/mol. The third-order valence-electron chi connectivity index (χ3n) is 4.15. The molecule has 0 radical (unpaired) electrons. The number of piperidine rings is 1. The van der Waals surface area contributed by atoms with Crippen LogP contribution in [0.15, 0.2) is 18.2 Å². The number of amides is 2. The van der Waals surface area contributed by atoms with E-state index in [2.05, 4.69) is 19.2 Å². The zero-order chi connectivity index (χ0) is 16.2. The lowest BCUT2D eigenvalue weighted by atomic mass is 9.92. The molecule has 2 atom stereocenters. The fraction of sp³-hybridized carbons (Fsp3) is 0.588. The second-order valence-electron chi connectivity index (χ2n) is 6.45. The maximum atomic E-state index is 12.2. The van der Waals surface area contributed by atoms with E-state index in [1.807, 2.05) is 17.0 Å². The first-order valence-electron chi connectivity index (χ1n) is 8.17. The zero-order valence-corrected chi connectivity index (χ0v) is 13.7. The van der Waals surface area contributed by atoms with Crippen LogP contribution < -0.4 is 19.5 Å². The smallest absolute Gasteiger partial charge is 0.317 e. The second kappa shape index (κ2) is 6.98. The van der Waals surface area contributed by atoms with E-state index in [9.17, 15) is 4.79 Å². The molecule has 2 amide bonds. The Hall–Kier alpha value is -2.11. The monoisotopic (exact) mass is 320 g/mol. The highest BCUT2D eigenvalue weighted by molar-refractivity contribution is 5.74. The van der Waals surface area contributed by atoms with Crippen molar-refractivity contribution in [3.05, 3.63) is 18.2 Å². The van der Waals surface area contributed by atoms with Crippen molar-refractivity contribution >= 4 is 6.03 Å². The van der Waals surface area contributed by atoms with Gasteiger partial charge in [-0.3, -0.25) is 0 Å². The average Bonchev–Trinajstić information content (AvgIpc) is 2.98. The van der Waals surface area contributed by atoms with E-state index in [1.54, 1.807) is 6.07 Å². The number of likely N-dealkylation sites (tertiary alicyclic amines) is 1. The van der Waals surface area contributed by atoms with E-state index >= 15 is 0 Å². The first-order chi connectivity index (χ1) is 11.1. The number of urea groups is 1. The molecule has 1 fully saturated rings. The van der Waals surface area contributed by atoms with Gasteiger partial charge in [0.25, 0.3) is 0 Å². The number of carbonyl (C=O) groups excluding carboxylic acids is 1. The molecule has 1 aromatic rings. The molecule has 0 aliphatic carbocycles. The number of fused-ring (bicyclic) bond motifs is 1. The molecule has 0 saturated carbocycles. The SMILES string of the molecule is CC1CC(C)CN(C(=O)NCCOc2ccc3c(c2)OCO3)C1.